The van der Waals surface area contributed by atoms with Gasteiger partial charge in [-0.25, -0.2) is 13.8 Å². The molecule has 1 rings (SSSR count). The molecule has 0 radical (unpaired) electrons. The van der Waals surface area contributed by atoms with Crippen LogP contribution < -0.4 is 0 Å². The van der Waals surface area contributed by atoms with Crippen LogP contribution in [0.15, 0.2) is 6.07 Å². The maximum absolute atomic E-state index is 13.1. The SMILES string of the molecule is O=C(O)Cc1cc(C(F)(F)F)c(C(F)F)c(F)n1. The number of aromatic nitrogens is 1. The largest absolute Gasteiger partial charge is 0.481 e. The molecule has 18 heavy (non-hydrogen) atoms. The van der Waals surface area contributed by atoms with Gasteiger partial charge in [-0.15, -0.1) is 0 Å². The molecule has 0 amide bonds. The average molecular weight is 273 g/mol. The molecule has 0 saturated heterocycles. The van der Waals surface area contributed by atoms with Crippen LogP contribution in [0.5, 0.6) is 0 Å². The Morgan fingerprint density at radius 3 is 2.33 bits per heavy atom. The van der Waals surface area contributed by atoms with Crippen molar-refractivity contribution in [1.82, 2.24) is 4.98 Å². The van der Waals surface area contributed by atoms with Crippen molar-refractivity contribution in [2.24, 2.45) is 0 Å². The first-order chi connectivity index (χ1) is 8.12. The third kappa shape index (κ3) is 3.11. The van der Waals surface area contributed by atoms with E-state index >= 15 is 0 Å². The van der Waals surface area contributed by atoms with Gasteiger partial charge in [0.2, 0.25) is 5.95 Å². The Kier molecular flexibility index (Phi) is 3.82. The third-order valence-electron chi connectivity index (χ3n) is 1.92. The molecule has 0 spiro atoms. The average Bonchev–Trinajstić information content (AvgIpc) is 2.12. The summed E-state index contributed by atoms with van der Waals surface area (Å²) in [7, 11) is 0. The van der Waals surface area contributed by atoms with Crippen molar-refractivity contribution in [3.63, 3.8) is 0 Å². The van der Waals surface area contributed by atoms with Gasteiger partial charge >= 0.3 is 12.1 Å². The fourth-order valence-corrected chi connectivity index (χ4v) is 1.26. The van der Waals surface area contributed by atoms with E-state index < -0.39 is 47.8 Å². The number of hydrogen-bond donors (Lipinski definition) is 1. The number of nitrogens with zero attached hydrogens (tertiary/aromatic N) is 1. The van der Waals surface area contributed by atoms with Gasteiger partial charge in [-0.1, -0.05) is 0 Å². The Morgan fingerprint density at radius 1 is 1.39 bits per heavy atom. The number of hydrogen-bond acceptors (Lipinski definition) is 2. The molecule has 0 atom stereocenters. The number of aliphatic carboxylic acids is 1. The summed E-state index contributed by atoms with van der Waals surface area (Å²) in [6.07, 6.45) is -9.92. The van der Waals surface area contributed by atoms with Gasteiger partial charge in [0.15, 0.2) is 0 Å². The fraction of sp³-hybridized carbons (Fsp3) is 0.333. The number of carboxylic acid groups (broad SMARTS) is 1. The number of halogens is 6. The zero-order chi connectivity index (χ0) is 14.1. The lowest BCUT2D eigenvalue weighted by Crippen LogP contribution is -2.15. The molecule has 0 saturated carbocycles. The minimum absolute atomic E-state index is 0.110. The smallest absolute Gasteiger partial charge is 0.417 e. The summed E-state index contributed by atoms with van der Waals surface area (Å²) in [4.78, 5) is 13.0. The standard InChI is InChI=1S/C9H5F6NO2/c10-7(11)6-4(9(13,14)15)1-3(2-5(17)18)16-8(6)12/h1,7H,2H2,(H,17,18). The zero-order valence-electron chi connectivity index (χ0n) is 8.43. The van der Waals surface area contributed by atoms with Gasteiger partial charge in [0.25, 0.3) is 6.43 Å². The molecule has 0 aliphatic rings. The van der Waals surface area contributed by atoms with Crippen LogP contribution in [0.25, 0.3) is 0 Å². The van der Waals surface area contributed by atoms with Gasteiger partial charge in [-0.05, 0) is 6.07 Å². The van der Waals surface area contributed by atoms with Crippen LogP contribution in [0.4, 0.5) is 26.3 Å². The number of alkyl halides is 5. The summed E-state index contributed by atoms with van der Waals surface area (Å²) < 4.78 is 75.0. The third-order valence-corrected chi connectivity index (χ3v) is 1.92. The Hall–Kier alpha value is -1.80. The summed E-state index contributed by atoms with van der Waals surface area (Å²) >= 11 is 0. The van der Waals surface area contributed by atoms with Crippen molar-refractivity contribution < 1.29 is 36.2 Å². The van der Waals surface area contributed by atoms with E-state index in [0.717, 1.165) is 0 Å². The molecular formula is C9H5F6NO2. The van der Waals surface area contributed by atoms with Crippen LogP contribution in [0.3, 0.4) is 0 Å². The molecule has 0 fully saturated rings. The number of carboxylic acids is 1. The first-order valence-electron chi connectivity index (χ1n) is 4.39. The first kappa shape index (κ1) is 14.3. The Morgan fingerprint density at radius 2 is 1.94 bits per heavy atom. The van der Waals surface area contributed by atoms with Crippen LogP contribution in [0.2, 0.25) is 0 Å². The minimum Gasteiger partial charge on any atom is -0.481 e. The topological polar surface area (TPSA) is 50.2 Å². The fourth-order valence-electron chi connectivity index (χ4n) is 1.26. The van der Waals surface area contributed by atoms with Gasteiger partial charge in [-0.3, -0.25) is 4.79 Å². The van der Waals surface area contributed by atoms with Gasteiger partial charge in [0.1, 0.15) is 0 Å². The second-order valence-electron chi connectivity index (χ2n) is 3.23. The zero-order valence-corrected chi connectivity index (χ0v) is 8.43. The Bertz CT molecular complexity index is 471. The van der Waals surface area contributed by atoms with E-state index in [-0.39, 0.29) is 6.07 Å². The summed E-state index contributed by atoms with van der Waals surface area (Å²) in [5.41, 5.74) is -4.57. The lowest BCUT2D eigenvalue weighted by Gasteiger charge is -2.13. The molecule has 100 valence electrons. The van der Waals surface area contributed by atoms with Crippen LogP contribution in [0.1, 0.15) is 23.2 Å². The molecular weight excluding hydrogens is 268 g/mol. The lowest BCUT2D eigenvalue weighted by atomic mass is 10.1. The van der Waals surface area contributed by atoms with E-state index in [9.17, 15) is 31.1 Å². The molecule has 9 heteroatoms. The van der Waals surface area contributed by atoms with Gasteiger partial charge in [-0.2, -0.15) is 17.6 Å². The second kappa shape index (κ2) is 4.83. The molecule has 0 aliphatic heterocycles. The van der Waals surface area contributed by atoms with Crippen LogP contribution in [0, 0.1) is 5.95 Å². The minimum atomic E-state index is -5.22. The summed E-state index contributed by atoms with van der Waals surface area (Å²) in [6, 6.07) is 0.110. The van der Waals surface area contributed by atoms with Crippen molar-refractivity contribution in [1.29, 1.82) is 0 Å². The summed E-state index contributed by atoms with van der Waals surface area (Å²) in [5, 5.41) is 8.34. The number of rotatable bonds is 3. The molecule has 1 heterocycles. The highest BCUT2D eigenvalue weighted by atomic mass is 19.4. The monoisotopic (exact) mass is 273 g/mol. The predicted molar refractivity (Wildman–Crippen MR) is 45.5 cm³/mol. The highest BCUT2D eigenvalue weighted by Gasteiger charge is 2.38. The molecule has 3 nitrogen and oxygen atoms in total. The molecule has 0 bridgehead atoms. The van der Waals surface area contributed by atoms with Crippen molar-refractivity contribution in [3.05, 3.63) is 28.8 Å². The van der Waals surface area contributed by atoms with Crippen molar-refractivity contribution in [2.75, 3.05) is 0 Å². The van der Waals surface area contributed by atoms with Crippen molar-refractivity contribution >= 4 is 5.97 Å². The van der Waals surface area contributed by atoms with E-state index in [2.05, 4.69) is 4.98 Å². The molecule has 1 aromatic heterocycles. The van der Waals surface area contributed by atoms with Crippen molar-refractivity contribution in [2.45, 2.75) is 19.0 Å². The second-order valence-corrected chi connectivity index (χ2v) is 3.23. The van der Waals surface area contributed by atoms with E-state index in [1.54, 1.807) is 0 Å². The van der Waals surface area contributed by atoms with Crippen LogP contribution >= 0.6 is 0 Å². The molecule has 0 aromatic carbocycles. The number of pyridine rings is 1. The lowest BCUT2D eigenvalue weighted by molar-refractivity contribution is -0.140. The Labute approximate surface area is 96.1 Å². The molecule has 1 aromatic rings. The normalized spacial score (nSPS) is 11.9. The predicted octanol–water partition coefficient (Wildman–Crippen LogP) is 2.80. The summed E-state index contributed by atoms with van der Waals surface area (Å²) in [5.74, 6) is -3.57. The first-order valence-corrected chi connectivity index (χ1v) is 4.39. The molecule has 1 N–H and O–H groups in total. The van der Waals surface area contributed by atoms with Crippen LogP contribution in [-0.4, -0.2) is 16.1 Å². The van der Waals surface area contributed by atoms with E-state index in [1.807, 2.05) is 0 Å². The van der Waals surface area contributed by atoms with Gasteiger partial charge in [0, 0.05) is 0 Å². The Balaban J connectivity index is 3.42. The van der Waals surface area contributed by atoms with Crippen molar-refractivity contribution in [3.8, 4) is 0 Å². The van der Waals surface area contributed by atoms with Gasteiger partial charge < -0.3 is 5.11 Å². The maximum Gasteiger partial charge on any atom is 0.417 e. The van der Waals surface area contributed by atoms with E-state index in [4.69, 9.17) is 5.11 Å². The van der Waals surface area contributed by atoms with Crippen LogP contribution in [-0.2, 0) is 17.4 Å². The van der Waals surface area contributed by atoms with Gasteiger partial charge in [0.05, 0.1) is 23.2 Å². The number of carbonyl (C=O) groups is 1. The quantitative estimate of drug-likeness (QED) is 0.680. The van der Waals surface area contributed by atoms with E-state index in [1.165, 1.54) is 0 Å². The van der Waals surface area contributed by atoms with E-state index in [0.29, 0.717) is 0 Å². The highest BCUT2D eigenvalue weighted by Crippen LogP contribution is 2.37. The highest BCUT2D eigenvalue weighted by molar-refractivity contribution is 5.69. The molecule has 0 aliphatic carbocycles. The maximum atomic E-state index is 13.1. The summed E-state index contributed by atoms with van der Waals surface area (Å²) in [6.45, 7) is 0. The molecule has 0 unspecified atom stereocenters.